The van der Waals surface area contributed by atoms with Gasteiger partial charge in [0.15, 0.2) is 30.7 Å². The van der Waals surface area contributed by atoms with E-state index in [1.54, 1.807) is 0 Å². The maximum absolute atomic E-state index is 12.9. The molecule has 0 spiro atoms. The third-order valence-corrected chi connectivity index (χ3v) is 14.1. The molecule has 302 valence electrons. The van der Waals surface area contributed by atoms with Crippen LogP contribution < -0.4 is 0 Å². The third kappa shape index (κ3) is 8.44. The minimum atomic E-state index is -1.53. The molecule has 1 saturated heterocycles. The number of aliphatic hydroxyl groups is 3. The summed E-state index contributed by atoms with van der Waals surface area (Å²) in [4.78, 5) is 49.6. The third-order valence-electron chi connectivity index (χ3n) is 14.1. The number of fused-ring (bicyclic) bond motifs is 5. The summed E-state index contributed by atoms with van der Waals surface area (Å²) in [7, 11) is 1.14. The van der Waals surface area contributed by atoms with Gasteiger partial charge in [-0.25, -0.2) is 4.79 Å². The second kappa shape index (κ2) is 16.0. The average Bonchev–Trinajstić information content (AvgIpc) is 3.41. The van der Waals surface area contributed by atoms with Crippen molar-refractivity contribution in [3.05, 3.63) is 0 Å². The summed E-state index contributed by atoms with van der Waals surface area (Å²) in [6.07, 6.45) is -0.817. The lowest BCUT2D eigenvalue weighted by Gasteiger charge is -2.63. The lowest BCUT2D eigenvalue weighted by atomic mass is 9.43. The van der Waals surface area contributed by atoms with Gasteiger partial charge in [0.25, 0.3) is 0 Å². The monoisotopic (exact) mass is 752 g/mol. The number of esters is 4. The van der Waals surface area contributed by atoms with E-state index < -0.39 is 78.5 Å². The van der Waals surface area contributed by atoms with Gasteiger partial charge >= 0.3 is 23.9 Å². The van der Waals surface area contributed by atoms with Gasteiger partial charge in [-0.3, -0.25) is 14.4 Å². The minimum Gasteiger partial charge on any atom is -0.467 e. The summed E-state index contributed by atoms with van der Waals surface area (Å²) >= 11 is 0. The molecule has 5 rings (SSSR count). The van der Waals surface area contributed by atoms with Crippen LogP contribution in [-0.2, 0) is 47.6 Å². The molecule has 0 unspecified atom stereocenters. The van der Waals surface area contributed by atoms with Gasteiger partial charge in [0.1, 0.15) is 0 Å². The van der Waals surface area contributed by atoms with Crippen LogP contribution in [0.4, 0.5) is 0 Å². The molecule has 4 saturated carbocycles. The van der Waals surface area contributed by atoms with Crippen LogP contribution in [0.5, 0.6) is 0 Å². The Morgan fingerprint density at radius 2 is 1.49 bits per heavy atom. The molecule has 1 heterocycles. The first-order valence-corrected chi connectivity index (χ1v) is 19.7. The molecule has 5 aliphatic rings. The van der Waals surface area contributed by atoms with Crippen molar-refractivity contribution in [2.45, 2.75) is 174 Å². The molecule has 4 aliphatic carbocycles. The highest BCUT2D eigenvalue weighted by molar-refractivity contribution is 5.77. The van der Waals surface area contributed by atoms with E-state index in [4.69, 9.17) is 28.4 Å². The quantitative estimate of drug-likeness (QED) is 0.155. The molecule has 5 fully saturated rings. The van der Waals surface area contributed by atoms with Crippen molar-refractivity contribution >= 4 is 23.9 Å². The van der Waals surface area contributed by atoms with Gasteiger partial charge in [-0.05, 0) is 112 Å². The maximum Gasteiger partial charge on any atom is 0.339 e. The molecular weight excluding hydrogens is 688 g/mol. The van der Waals surface area contributed by atoms with Gasteiger partial charge in [-0.1, -0.05) is 33.6 Å². The van der Waals surface area contributed by atoms with Gasteiger partial charge in [0.2, 0.25) is 0 Å². The molecule has 53 heavy (non-hydrogen) atoms. The zero-order chi connectivity index (χ0) is 39.2. The SMILES string of the molecule is COC(=O)[C@H]1O[C@@H](O[C@@H]2CC[C@@]3(C)[C@H](C2)C[C@@H](O)[C@@H]2[C@@H]3C[C@H](O)[C@]3(C)[C@@H]([C@H](C)CCCC(C)(C)O)CC[C@@H]23)[C@H](OC(C)=O)[C@@H](OC(C)=O)[C@@H]1OC(C)=O. The van der Waals surface area contributed by atoms with Gasteiger partial charge in [-0.15, -0.1) is 0 Å². The fourth-order valence-electron chi connectivity index (χ4n) is 11.7. The first kappa shape index (κ1) is 41.8. The number of aliphatic hydroxyl groups excluding tert-OH is 2. The van der Waals surface area contributed by atoms with Crippen molar-refractivity contribution in [1.82, 2.24) is 0 Å². The fraction of sp³-hybridized carbons (Fsp3) is 0.900. The highest BCUT2D eigenvalue weighted by Crippen LogP contribution is 2.68. The van der Waals surface area contributed by atoms with Gasteiger partial charge in [0, 0.05) is 20.8 Å². The predicted octanol–water partition coefficient (Wildman–Crippen LogP) is 4.24. The number of hydrogen-bond donors (Lipinski definition) is 3. The predicted molar refractivity (Wildman–Crippen MR) is 190 cm³/mol. The molecular formula is C40H64O13. The smallest absolute Gasteiger partial charge is 0.339 e. The molecule has 3 N–H and O–H groups in total. The number of carbonyl (C=O) groups excluding carboxylic acids is 4. The molecule has 0 aromatic heterocycles. The van der Waals surface area contributed by atoms with Crippen molar-refractivity contribution in [2.75, 3.05) is 7.11 Å². The second-order valence-electron chi connectivity index (χ2n) is 18.0. The van der Waals surface area contributed by atoms with Gasteiger partial charge in [0.05, 0.1) is 31.0 Å². The summed E-state index contributed by atoms with van der Waals surface area (Å²) in [6.45, 7) is 14.0. The average molecular weight is 753 g/mol. The van der Waals surface area contributed by atoms with E-state index >= 15 is 0 Å². The molecule has 1 aliphatic heterocycles. The van der Waals surface area contributed by atoms with E-state index in [2.05, 4.69) is 20.8 Å². The van der Waals surface area contributed by atoms with E-state index in [-0.39, 0.29) is 34.5 Å². The van der Waals surface area contributed by atoms with Crippen LogP contribution in [0.2, 0.25) is 0 Å². The largest absolute Gasteiger partial charge is 0.467 e. The van der Waals surface area contributed by atoms with Crippen LogP contribution in [-0.4, -0.2) is 101 Å². The Balaban J connectivity index is 1.34. The lowest BCUT2D eigenvalue weighted by Crippen LogP contribution is -2.65. The normalized spacial score (nSPS) is 43.0. The maximum atomic E-state index is 12.9. The molecule has 0 bridgehead atoms. The molecule has 13 nitrogen and oxygen atoms in total. The van der Waals surface area contributed by atoms with Crippen LogP contribution >= 0.6 is 0 Å². The van der Waals surface area contributed by atoms with Crippen LogP contribution in [0.3, 0.4) is 0 Å². The van der Waals surface area contributed by atoms with E-state index in [0.717, 1.165) is 59.5 Å². The first-order chi connectivity index (χ1) is 24.7. The van der Waals surface area contributed by atoms with Crippen LogP contribution in [0.15, 0.2) is 0 Å². The zero-order valence-corrected chi connectivity index (χ0v) is 33.1. The van der Waals surface area contributed by atoms with Crippen molar-refractivity contribution in [2.24, 2.45) is 46.3 Å². The number of methoxy groups -OCH3 is 1. The first-order valence-electron chi connectivity index (χ1n) is 19.7. The molecule has 13 heteroatoms. The Labute approximate surface area is 314 Å². The molecule has 0 aromatic rings. The van der Waals surface area contributed by atoms with Crippen LogP contribution in [0.25, 0.3) is 0 Å². The van der Waals surface area contributed by atoms with Crippen molar-refractivity contribution < 1.29 is 62.9 Å². The zero-order valence-electron chi connectivity index (χ0n) is 33.1. The van der Waals surface area contributed by atoms with Crippen LogP contribution in [0.1, 0.15) is 120 Å². The Morgan fingerprint density at radius 3 is 2.09 bits per heavy atom. The molecule has 16 atom stereocenters. The number of carbonyl (C=O) groups is 4. The summed E-state index contributed by atoms with van der Waals surface area (Å²) < 4.78 is 34.0. The summed E-state index contributed by atoms with van der Waals surface area (Å²) in [5.41, 5.74) is -1.15. The Kier molecular flexibility index (Phi) is 12.7. The summed E-state index contributed by atoms with van der Waals surface area (Å²) in [6, 6.07) is 0. The summed E-state index contributed by atoms with van der Waals surface area (Å²) in [5, 5.41) is 34.3. The fourth-order valence-corrected chi connectivity index (χ4v) is 11.7. The highest BCUT2D eigenvalue weighted by Gasteiger charge is 2.66. The van der Waals surface area contributed by atoms with Gasteiger partial charge < -0.3 is 43.7 Å². The van der Waals surface area contributed by atoms with Crippen LogP contribution in [0, 0.1) is 46.3 Å². The number of ether oxygens (including phenoxy) is 6. The van der Waals surface area contributed by atoms with Crippen molar-refractivity contribution in [1.29, 1.82) is 0 Å². The van der Waals surface area contributed by atoms with Crippen molar-refractivity contribution in [3.63, 3.8) is 0 Å². The molecule has 0 aromatic carbocycles. The van der Waals surface area contributed by atoms with E-state index in [1.165, 1.54) is 6.92 Å². The Morgan fingerprint density at radius 1 is 0.868 bits per heavy atom. The number of hydrogen-bond acceptors (Lipinski definition) is 13. The lowest BCUT2D eigenvalue weighted by molar-refractivity contribution is -0.316. The van der Waals surface area contributed by atoms with E-state index in [9.17, 15) is 34.5 Å². The standard InChI is InChI=1S/C40H64O13/c1-20(11-10-15-38(5,6)47)26-12-13-27-31-28(19-30(45)40(26,27)8)39(7)16-14-25(17-24(39)18-29(31)44)52-37-35(51-23(4)43)33(50-22(3)42)32(49-21(2)41)34(53-37)36(46)48-9/h20,24-35,37,44-45,47H,10-19H2,1-9H3/t20-,24-,25-,26-,27+,28+,29-,30+,31+,32+,33+,34+,35-,37-,39+,40-/m1/s1. The minimum absolute atomic E-state index is 0.0530. The highest BCUT2D eigenvalue weighted by atomic mass is 16.7. The van der Waals surface area contributed by atoms with Crippen molar-refractivity contribution in [3.8, 4) is 0 Å². The molecule has 0 radical (unpaired) electrons. The number of rotatable bonds is 11. The Bertz CT molecular complexity index is 1350. The van der Waals surface area contributed by atoms with Gasteiger partial charge in [-0.2, -0.15) is 0 Å². The Hall–Kier alpha value is -2.32. The van der Waals surface area contributed by atoms with E-state index in [0.29, 0.717) is 37.5 Å². The topological polar surface area (TPSA) is 184 Å². The van der Waals surface area contributed by atoms with E-state index in [1.807, 2.05) is 13.8 Å². The second-order valence-corrected chi connectivity index (χ2v) is 18.0. The summed E-state index contributed by atoms with van der Waals surface area (Å²) in [5.74, 6) is -1.94. The molecule has 0 amide bonds.